The highest BCUT2D eigenvalue weighted by Gasteiger charge is 2.15. The van der Waals surface area contributed by atoms with Crippen LogP contribution in [-0.2, 0) is 11.3 Å². The van der Waals surface area contributed by atoms with Crippen molar-refractivity contribution in [1.82, 2.24) is 9.55 Å². The summed E-state index contributed by atoms with van der Waals surface area (Å²) in [6, 6.07) is 21.3. The van der Waals surface area contributed by atoms with E-state index in [-0.39, 0.29) is 18.0 Å². The molecule has 7 nitrogen and oxygen atoms in total. The molecular formula is C24H20N4O3. The lowest BCUT2D eigenvalue weighted by Crippen LogP contribution is -2.28. The topological polar surface area (TPSA) is 93.1 Å². The van der Waals surface area contributed by atoms with E-state index in [1.54, 1.807) is 48.5 Å². The van der Waals surface area contributed by atoms with Crippen LogP contribution < -0.4 is 16.2 Å². The third kappa shape index (κ3) is 4.51. The van der Waals surface area contributed by atoms with E-state index in [2.05, 4.69) is 15.6 Å². The van der Waals surface area contributed by atoms with Crippen molar-refractivity contribution in [2.45, 2.75) is 13.5 Å². The molecule has 0 unspecified atom stereocenters. The molecule has 1 aromatic heterocycles. The van der Waals surface area contributed by atoms with Crippen LogP contribution in [0.4, 0.5) is 11.4 Å². The molecule has 0 saturated heterocycles. The van der Waals surface area contributed by atoms with Gasteiger partial charge in [0.2, 0.25) is 5.91 Å². The van der Waals surface area contributed by atoms with Crippen LogP contribution in [0, 0.1) is 6.92 Å². The van der Waals surface area contributed by atoms with Crippen LogP contribution >= 0.6 is 0 Å². The molecule has 0 radical (unpaired) electrons. The van der Waals surface area contributed by atoms with Gasteiger partial charge in [0.1, 0.15) is 6.54 Å². The van der Waals surface area contributed by atoms with Gasteiger partial charge >= 0.3 is 0 Å². The summed E-state index contributed by atoms with van der Waals surface area (Å²) >= 11 is 0. The van der Waals surface area contributed by atoms with E-state index in [1.807, 2.05) is 31.2 Å². The van der Waals surface area contributed by atoms with Gasteiger partial charge in [0.05, 0.1) is 28.5 Å². The Labute approximate surface area is 178 Å². The lowest BCUT2D eigenvalue weighted by molar-refractivity contribution is -0.116. The van der Waals surface area contributed by atoms with Crippen molar-refractivity contribution in [2.24, 2.45) is 0 Å². The molecule has 0 aliphatic carbocycles. The number of hydrogen-bond acceptors (Lipinski definition) is 4. The summed E-state index contributed by atoms with van der Waals surface area (Å²) in [7, 11) is 0. The Balaban J connectivity index is 1.55. The maximum absolute atomic E-state index is 12.8. The molecule has 0 aliphatic heterocycles. The zero-order valence-electron chi connectivity index (χ0n) is 16.8. The number of fused-ring (bicyclic) bond motifs is 1. The Morgan fingerprint density at radius 1 is 0.935 bits per heavy atom. The zero-order chi connectivity index (χ0) is 21.8. The summed E-state index contributed by atoms with van der Waals surface area (Å²) in [4.78, 5) is 41.9. The molecule has 7 heteroatoms. The highest BCUT2D eigenvalue weighted by atomic mass is 16.2. The van der Waals surface area contributed by atoms with Gasteiger partial charge in [-0.15, -0.1) is 0 Å². The molecule has 0 aliphatic rings. The van der Waals surface area contributed by atoms with Crippen LogP contribution in [0.2, 0.25) is 0 Å². The van der Waals surface area contributed by atoms with Gasteiger partial charge in [-0.2, -0.15) is 0 Å². The van der Waals surface area contributed by atoms with Crippen molar-refractivity contribution in [2.75, 3.05) is 10.6 Å². The molecule has 1 heterocycles. The van der Waals surface area contributed by atoms with Crippen LogP contribution in [0.5, 0.6) is 0 Å². The smallest absolute Gasteiger partial charge is 0.269 e. The molecule has 0 bridgehead atoms. The molecule has 31 heavy (non-hydrogen) atoms. The van der Waals surface area contributed by atoms with E-state index < -0.39 is 5.91 Å². The molecule has 154 valence electrons. The number of hydrogen-bond donors (Lipinski definition) is 2. The number of nitrogens with one attached hydrogen (secondary N) is 2. The molecule has 0 fully saturated rings. The maximum Gasteiger partial charge on any atom is 0.269 e. The van der Waals surface area contributed by atoms with Crippen LogP contribution in [-0.4, -0.2) is 21.4 Å². The third-order valence-corrected chi connectivity index (χ3v) is 4.78. The summed E-state index contributed by atoms with van der Waals surface area (Å²) in [5.41, 5.74) is 3.19. The summed E-state index contributed by atoms with van der Waals surface area (Å²) in [6.45, 7) is 1.74. The Hall–Kier alpha value is -4.26. The number of para-hydroxylation sites is 3. The molecule has 2 amide bonds. The fourth-order valence-corrected chi connectivity index (χ4v) is 3.32. The van der Waals surface area contributed by atoms with Gasteiger partial charge in [-0.1, -0.05) is 36.4 Å². The lowest BCUT2D eigenvalue weighted by Gasteiger charge is -2.13. The second-order valence-electron chi connectivity index (χ2n) is 7.09. The van der Waals surface area contributed by atoms with Crippen molar-refractivity contribution in [3.8, 4) is 0 Å². The van der Waals surface area contributed by atoms with Gasteiger partial charge < -0.3 is 10.6 Å². The highest BCUT2D eigenvalue weighted by molar-refractivity contribution is 6.10. The van der Waals surface area contributed by atoms with E-state index in [9.17, 15) is 14.4 Å². The normalized spacial score (nSPS) is 10.6. The summed E-state index contributed by atoms with van der Waals surface area (Å²) in [5.74, 6) is -0.762. The van der Waals surface area contributed by atoms with Crippen LogP contribution in [0.3, 0.4) is 0 Å². The number of nitrogens with zero attached hydrogens (tertiary/aromatic N) is 2. The van der Waals surface area contributed by atoms with E-state index in [0.717, 1.165) is 5.56 Å². The van der Waals surface area contributed by atoms with E-state index >= 15 is 0 Å². The van der Waals surface area contributed by atoms with Gasteiger partial charge in [-0.3, -0.25) is 19.0 Å². The molecule has 4 rings (SSSR count). The average Bonchev–Trinajstić information content (AvgIpc) is 2.76. The van der Waals surface area contributed by atoms with E-state index in [1.165, 1.54) is 10.8 Å². The largest absolute Gasteiger partial charge is 0.324 e. The fraction of sp³-hybridized carbons (Fsp3) is 0.0833. The van der Waals surface area contributed by atoms with Gasteiger partial charge in [-0.05, 0) is 48.9 Å². The average molecular weight is 412 g/mol. The van der Waals surface area contributed by atoms with Crippen molar-refractivity contribution in [1.29, 1.82) is 0 Å². The Bertz CT molecular complexity index is 1340. The molecule has 4 aromatic rings. The lowest BCUT2D eigenvalue weighted by atomic mass is 10.1. The van der Waals surface area contributed by atoms with Crippen molar-refractivity contribution in [3.05, 3.63) is 100 Å². The highest BCUT2D eigenvalue weighted by Crippen LogP contribution is 2.18. The Kier molecular flexibility index (Phi) is 5.57. The standard InChI is InChI=1S/C24H20N4O3/c1-16-7-6-8-17(13-16)26-24(31)18-9-2-3-10-19(18)27-22(29)15-28-21-12-5-4-11-20(21)25-14-23(28)30/h2-14H,15H2,1H3,(H,26,31)(H,27,29). The first-order valence-corrected chi connectivity index (χ1v) is 9.73. The number of amides is 2. The minimum absolute atomic E-state index is 0.199. The molecule has 0 atom stereocenters. The third-order valence-electron chi connectivity index (χ3n) is 4.78. The van der Waals surface area contributed by atoms with E-state index in [4.69, 9.17) is 0 Å². The number of aryl methyl sites for hydroxylation is 1. The van der Waals surface area contributed by atoms with Crippen LogP contribution in [0.1, 0.15) is 15.9 Å². The van der Waals surface area contributed by atoms with Gasteiger partial charge in [0, 0.05) is 5.69 Å². The molecular weight excluding hydrogens is 392 g/mol. The molecule has 0 spiro atoms. The summed E-state index contributed by atoms with van der Waals surface area (Å²) < 4.78 is 1.35. The Morgan fingerprint density at radius 3 is 2.55 bits per heavy atom. The molecule has 0 saturated carbocycles. The van der Waals surface area contributed by atoms with E-state index in [0.29, 0.717) is 28.0 Å². The first kappa shape index (κ1) is 20.0. The van der Waals surface area contributed by atoms with Gasteiger partial charge in [0.25, 0.3) is 11.5 Å². The number of anilines is 2. The Morgan fingerprint density at radius 2 is 1.71 bits per heavy atom. The first-order chi connectivity index (χ1) is 15.0. The van der Waals surface area contributed by atoms with Gasteiger partial charge in [0.15, 0.2) is 0 Å². The second-order valence-corrected chi connectivity index (χ2v) is 7.09. The predicted octanol–water partition coefficient (Wildman–Crippen LogP) is 3.60. The first-order valence-electron chi connectivity index (χ1n) is 9.73. The van der Waals surface area contributed by atoms with Crippen molar-refractivity contribution in [3.63, 3.8) is 0 Å². The number of carbonyl (C=O) groups is 2. The summed E-state index contributed by atoms with van der Waals surface area (Å²) in [6.07, 6.45) is 1.19. The van der Waals surface area contributed by atoms with Crippen molar-refractivity contribution >= 4 is 34.2 Å². The number of benzene rings is 3. The fourth-order valence-electron chi connectivity index (χ4n) is 3.32. The number of carbonyl (C=O) groups excluding carboxylic acids is 2. The number of aromatic nitrogens is 2. The SMILES string of the molecule is Cc1cccc(NC(=O)c2ccccc2NC(=O)Cn2c(=O)cnc3ccccc32)c1. The maximum atomic E-state index is 12.8. The molecule has 2 N–H and O–H groups in total. The van der Waals surface area contributed by atoms with Crippen molar-refractivity contribution < 1.29 is 9.59 Å². The summed E-state index contributed by atoms with van der Waals surface area (Å²) in [5, 5.41) is 5.59. The van der Waals surface area contributed by atoms with Gasteiger partial charge in [-0.25, -0.2) is 4.98 Å². The predicted molar refractivity (Wildman–Crippen MR) is 120 cm³/mol. The number of rotatable bonds is 5. The minimum Gasteiger partial charge on any atom is -0.324 e. The minimum atomic E-state index is -0.422. The van der Waals surface area contributed by atoms with Crippen LogP contribution in [0.25, 0.3) is 11.0 Å². The monoisotopic (exact) mass is 412 g/mol. The molecule has 3 aromatic carbocycles. The van der Waals surface area contributed by atoms with Crippen LogP contribution in [0.15, 0.2) is 83.8 Å². The second kappa shape index (κ2) is 8.62. The quantitative estimate of drug-likeness (QED) is 0.524. The zero-order valence-corrected chi connectivity index (χ0v) is 16.8.